The summed E-state index contributed by atoms with van der Waals surface area (Å²) in [5.74, 6) is 0.695. The number of hydrogen-bond donors (Lipinski definition) is 2. The van der Waals surface area contributed by atoms with Crippen LogP contribution in [0, 0.1) is 5.92 Å². The third-order valence-corrected chi connectivity index (χ3v) is 9.10. The molecule has 5 rings (SSSR count). The lowest BCUT2D eigenvalue weighted by Crippen LogP contribution is -2.30. The predicted molar refractivity (Wildman–Crippen MR) is 157 cm³/mol. The van der Waals surface area contributed by atoms with Crippen LogP contribution in [0.1, 0.15) is 41.9 Å². The van der Waals surface area contributed by atoms with Crippen molar-refractivity contribution in [1.82, 2.24) is 24.4 Å². The van der Waals surface area contributed by atoms with Gasteiger partial charge >= 0.3 is 12.1 Å². The maximum absolute atomic E-state index is 12.4. The molecule has 3 heterocycles. The molecule has 0 unspecified atom stereocenters. The van der Waals surface area contributed by atoms with Crippen molar-refractivity contribution in [2.45, 2.75) is 58.0 Å². The Balaban J connectivity index is 1.51. The molecular weight excluding hydrogens is 526 g/mol. The Morgan fingerprint density at radius 3 is 2.58 bits per heavy atom. The van der Waals surface area contributed by atoms with E-state index >= 15 is 0 Å². The lowest BCUT2D eigenvalue weighted by molar-refractivity contribution is 0.0696. The fourth-order valence-electron chi connectivity index (χ4n) is 4.87. The zero-order valence-corrected chi connectivity index (χ0v) is 24.9. The van der Waals surface area contributed by atoms with Gasteiger partial charge in [-0.3, -0.25) is 0 Å². The molecule has 0 spiro atoms. The summed E-state index contributed by atoms with van der Waals surface area (Å²) in [6, 6.07) is 9.71. The Labute approximate surface area is 234 Å². The number of aryl methyl sites for hydroxylation is 1. The molecule has 10 nitrogen and oxygen atoms in total. The second-order valence-corrected chi connectivity index (χ2v) is 17.5. The van der Waals surface area contributed by atoms with Crippen molar-refractivity contribution in [3.05, 3.63) is 41.6 Å². The van der Waals surface area contributed by atoms with E-state index in [0.717, 1.165) is 40.5 Å². The molecule has 11 heteroatoms. The van der Waals surface area contributed by atoms with E-state index in [1.165, 1.54) is 26.0 Å². The van der Waals surface area contributed by atoms with Crippen LogP contribution in [0.2, 0.25) is 25.7 Å². The number of carboxylic acids is 1. The van der Waals surface area contributed by atoms with Crippen molar-refractivity contribution in [2.24, 2.45) is 13.0 Å². The van der Waals surface area contributed by atoms with Crippen LogP contribution in [0.15, 0.2) is 30.3 Å². The summed E-state index contributed by atoms with van der Waals surface area (Å²) >= 11 is 0. The number of fused-ring (bicyclic) bond motifs is 2. The zero-order chi connectivity index (χ0) is 28.8. The third-order valence-electron chi connectivity index (χ3n) is 7.40. The third kappa shape index (κ3) is 5.69. The van der Waals surface area contributed by atoms with Gasteiger partial charge in [-0.2, -0.15) is 0 Å². The SMILES string of the molecule is COc1cc(C(=O)O)cc2nc(-c3cc4ccc([C@@H](C)NC(=O)OCC[Si](C)(C)C)nc4n3CC3CC3)n(C)c12. The van der Waals surface area contributed by atoms with E-state index in [-0.39, 0.29) is 11.6 Å². The van der Waals surface area contributed by atoms with Crippen molar-refractivity contribution in [3.8, 4) is 17.3 Å². The molecule has 40 heavy (non-hydrogen) atoms. The summed E-state index contributed by atoms with van der Waals surface area (Å²) in [5, 5.41) is 13.5. The van der Waals surface area contributed by atoms with Crippen LogP contribution in [0.3, 0.4) is 0 Å². The maximum atomic E-state index is 12.4. The Morgan fingerprint density at radius 2 is 1.93 bits per heavy atom. The number of pyridine rings is 1. The van der Waals surface area contributed by atoms with E-state index < -0.39 is 20.1 Å². The average Bonchev–Trinajstić information content (AvgIpc) is 3.56. The average molecular weight is 564 g/mol. The molecule has 3 aromatic heterocycles. The van der Waals surface area contributed by atoms with Crippen LogP contribution in [0.4, 0.5) is 4.79 Å². The van der Waals surface area contributed by atoms with Gasteiger partial charge in [-0.25, -0.2) is 19.6 Å². The van der Waals surface area contributed by atoms with Crippen LogP contribution in [0.5, 0.6) is 5.75 Å². The number of nitrogens with one attached hydrogen (secondary N) is 1. The van der Waals surface area contributed by atoms with Crippen LogP contribution < -0.4 is 10.1 Å². The minimum absolute atomic E-state index is 0.124. The summed E-state index contributed by atoms with van der Waals surface area (Å²) in [4.78, 5) is 34.0. The summed E-state index contributed by atoms with van der Waals surface area (Å²) in [6.45, 7) is 9.87. The molecule has 1 atom stereocenters. The highest BCUT2D eigenvalue weighted by atomic mass is 28.3. The molecule has 0 bridgehead atoms. The number of rotatable bonds is 10. The second kappa shape index (κ2) is 10.6. The Kier molecular flexibility index (Phi) is 7.34. The van der Waals surface area contributed by atoms with Crippen LogP contribution >= 0.6 is 0 Å². The second-order valence-electron chi connectivity index (χ2n) is 11.9. The van der Waals surface area contributed by atoms with Crippen molar-refractivity contribution < 1.29 is 24.2 Å². The first-order valence-electron chi connectivity index (χ1n) is 13.7. The zero-order valence-electron chi connectivity index (χ0n) is 23.9. The lowest BCUT2D eigenvalue weighted by Gasteiger charge is -2.17. The summed E-state index contributed by atoms with van der Waals surface area (Å²) < 4.78 is 15.1. The Bertz CT molecular complexity index is 1600. The number of benzene rings is 1. The van der Waals surface area contributed by atoms with Gasteiger partial charge in [0.1, 0.15) is 16.9 Å². The monoisotopic (exact) mass is 563 g/mol. The van der Waals surface area contributed by atoms with Crippen molar-refractivity contribution in [2.75, 3.05) is 13.7 Å². The molecule has 1 fully saturated rings. The van der Waals surface area contributed by atoms with Gasteiger partial charge in [-0.05, 0) is 62.1 Å². The van der Waals surface area contributed by atoms with E-state index in [2.05, 4.69) is 35.6 Å². The molecule has 4 aromatic rings. The van der Waals surface area contributed by atoms with Gasteiger partial charge in [0, 0.05) is 27.1 Å². The number of carbonyl (C=O) groups excluding carboxylic acids is 1. The van der Waals surface area contributed by atoms with Crippen LogP contribution in [-0.4, -0.2) is 58.1 Å². The highest BCUT2D eigenvalue weighted by molar-refractivity contribution is 6.76. The van der Waals surface area contributed by atoms with E-state index in [4.69, 9.17) is 19.4 Å². The highest BCUT2D eigenvalue weighted by Gasteiger charge is 2.27. The van der Waals surface area contributed by atoms with Crippen molar-refractivity contribution in [3.63, 3.8) is 0 Å². The summed E-state index contributed by atoms with van der Waals surface area (Å²) in [5.41, 5.74) is 3.87. The normalized spacial score (nSPS) is 14.4. The van der Waals surface area contributed by atoms with E-state index in [1.54, 1.807) is 6.07 Å². The minimum Gasteiger partial charge on any atom is -0.494 e. The topological polar surface area (TPSA) is 121 Å². The number of carbonyl (C=O) groups is 2. The number of amides is 1. The largest absolute Gasteiger partial charge is 0.494 e. The molecule has 1 amide bonds. The predicted octanol–water partition coefficient (Wildman–Crippen LogP) is 5.83. The number of nitrogens with zero attached hydrogens (tertiary/aromatic N) is 4. The standard InChI is InChI=1S/C29H37N5O5Si/c1-17(30-29(37)39-11-12-40(4,5)6)21-10-9-19-14-23(34(26(19)31-21)16-18-7-8-18)27-32-22-13-20(28(35)36)15-24(38-3)25(22)33(27)2/h9-10,13-15,17-18H,7-8,11-12,16H2,1-6H3,(H,30,37)(H,35,36)/t17-/m1/s1. The minimum atomic E-state index is -1.29. The van der Waals surface area contributed by atoms with E-state index in [0.29, 0.717) is 29.6 Å². The number of alkyl carbamates (subject to hydrolysis) is 1. The fraction of sp³-hybridized carbons (Fsp3) is 0.448. The number of imidazole rings is 1. The van der Waals surface area contributed by atoms with E-state index in [9.17, 15) is 14.7 Å². The van der Waals surface area contributed by atoms with Gasteiger partial charge in [0.2, 0.25) is 0 Å². The molecule has 0 radical (unpaired) electrons. The Hall–Kier alpha value is -3.86. The quantitative estimate of drug-likeness (QED) is 0.233. The smallest absolute Gasteiger partial charge is 0.407 e. The fourth-order valence-corrected chi connectivity index (χ4v) is 5.59. The molecule has 1 aliphatic rings. The molecule has 0 aliphatic heterocycles. The van der Waals surface area contributed by atoms with E-state index in [1.807, 2.05) is 30.7 Å². The van der Waals surface area contributed by atoms with Gasteiger partial charge in [-0.15, -0.1) is 0 Å². The lowest BCUT2D eigenvalue weighted by atomic mass is 10.2. The van der Waals surface area contributed by atoms with Crippen molar-refractivity contribution in [1.29, 1.82) is 0 Å². The van der Waals surface area contributed by atoms with Gasteiger partial charge in [0.05, 0.1) is 42.2 Å². The number of aromatic nitrogens is 4. The highest BCUT2D eigenvalue weighted by Crippen LogP contribution is 2.37. The Morgan fingerprint density at radius 1 is 1.18 bits per heavy atom. The molecule has 2 N–H and O–H groups in total. The summed E-state index contributed by atoms with van der Waals surface area (Å²) in [7, 11) is 2.15. The number of aromatic carboxylic acids is 1. The molecule has 212 valence electrons. The number of methoxy groups -OCH3 is 1. The van der Waals surface area contributed by atoms with Gasteiger partial charge in [0.25, 0.3) is 0 Å². The van der Waals surface area contributed by atoms with Crippen LogP contribution in [0.25, 0.3) is 33.6 Å². The molecule has 1 aromatic carbocycles. The number of carboxylic acid groups (broad SMARTS) is 1. The molecular formula is C29H37N5O5Si. The van der Waals surface area contributed by atoms with Gasteiger partial charge in [0.15, 0.2) is 5.82 Å². The first kappa shape index (κ1) is 27.7. The molecule has 0 saturated heterocycles. The molecule has 1 saturated carbocycles. The number of hydrogen-bond acceptors (Lipinski definition) is 6. The summed E-state index contributed by atoms with van der Waals surface area (Å²) in [6.07, 6.45) is 1.90. The van der Waals surface area contributed by atoms with Crippen LogP contribution in [-0.2, 0) is 18.3 Å². The first-order chi connectivity index (χ1) is 18.9. The number of ether oxygens (including phenoxy) is 2. The maximum Gasteiger partial charge on any atom is 0.407 e. The molecule has 1 aliphatic carbocycles. The van der Waals surface area contributed by atoms with Crippen molar-refractivity contribution >= 4 is 42.2 Å². The van der Waals surface area contributed by atoms with Gasteiger partial charge in [-0.1, -0.05) is 19.6 Å². The first-order valence-corrected chi connectivity index (χ1v) is 17.4. The van der Waals surface area contributed by atoms with Gasteiger partial charge < -0.3 is 29.0 Å².